The van der Waals surface area contributed by atoms with E-state index in [9.17, 15) is 14.7 Å². The van der Waals surface area contributed by atoms with Crippen molar-refractivity contribution in [3.8, 4) is 11.5 Å². The highest BCUT2D eigenvalue weighted by molar-refractivity contribution is 6.46. The summed E-state index contributed by atoms with van der Waals surface area (Å²) >= 11 is 0. The molecule has 1 amide bonds. The van der Waals surface area contributed by atoms with Crippen LogP contribution >= 0.6 is 0 Å². The van der Waals surface area contributed by atoms with E-state index in [1.54, 1.807) is 6.07 Å². The minimum absolute atomic E-state index is 0.0434. The predicted octanol–water partition coefficient (Wildman–Crippen LogP) is 5.40. The van der Waals surface area contributed by atoms with Crippen LogP contribution in [0.5, 0.6) is 11.5 Å². The highest BCUT2D eigenvalue weighted by Crippen LogP contribution is 2.42. The first-order chi connectivity index (χ1) is 18.2. The molecule has 0 bridgehead atoms. The van der Waals surface area contributed by atoms with Gasteiger partial charge in [-0.1, -0.05) is 30.3 Å². The monoisotopic (exact) mass is 514 g/mol. The van der Waals surface area contributed by atoms with Crippen molar-refractivity contribution in [3.63, 3.8) is 0 Å². The van der Waals surface area contributed by atoms with E-state index in [-0.39, 0.29) is 17.9 Å². The van der Waals surface area contributed by atoms with E-state index in [1.165, 1.54) is 12.0 Å². The maximum Gasteiger partial charge on any atom is 0.295 e. The molecule has 0 radical (unpaired) electrons. The number of nitrogens with zero attached hydrogens (tertiary/aromatic N) is 2. The van der Waals surface area contributed by atoms with E-state index in [1.807, 2.05) is 94.4 Å². The molecule has 0 aliphatic carbocycles. The Hall–Kier alpha value is -4.26. The Bertz CT molecular complexity index is 1370. The van der Waals surface area contributed by atoms with Crippen LogP contribution in [0, 0.1) is 13.8 Å². The van der Waals surface area contributed by atoms with E-state index < -0.39 is 17.7 Å². The lowest BCUT2D eigenvalue weighted by Crippen LogP contribution is -2.29. The maximum atomic E-state index is 13.5. The summed E-state index contributed by atoms with van der Waals surface area (Å²) in [6.45, 7) is 6.45. The predicted molar refractivity (Wildman–Crippen MR) is 149 cm³/mol. The van der Waals surface area contributed by atoms with Crippen LogP contribution < -0.4 is 14.4 Å². The van der Waals surface area contributed by atoms with Crippen molar-refractivity contribution in [2.24, 2.45) is 0 Å². The molecule has 38 heavy (non-hydrogen) atoms. The van der Waals surface area contributed by atoms with Gasteiger partial charge < -0.3 is 24.4 Å². The van der Waals surface area contributed by atoms with Gasteiger partial charge >= 0.3 is 0 Å². The number of anilines is 1. The van der Waals surface area contributed by atoms with Crippen molar-refractivity contribution >= 4 is 23.1 Å². The van der Waals surface area contributed by atoms with Crippen molar-refractivity contribution in [2.45, 2.75) is 33.4 Å². The first-order valence-electron chi connectivity index (χ1n) is 12.6. The molecular weight excluding hydrogens is 480 g/mol. The summed E-state index contributed by atoms with van der Waals surface area (Å²) in [6.07, 6.45) is 0. The molecule has 7 nitrogen and oxygen atoms in total. The number of ether oxygens (including phenoxy) is 2. The lowest BCUT2D eigenvalue weighted by atomic mass is 9.93. The topological polar surface area (TPSA) is 79.3 Å². The summed E-state index contributed by atoms with van der Waals surface area (Å²) in [5.41, 5.74) is 4.71. The fourth-order valence-electron chi connectivity index (χ4n) is 4.95. The molecule has 198 valence electrons. The highest BCUT2D eigenvalue weighted by Gasteiger charge is 2.46. The van der Waals surface area contributed by atoms with E-state index >= 15 is 0 Å². The molecule has 1 unspecified atom stereocenters. The van der Waals surface area contributed by atoms with Crippen molar-refractivity contribution in [3.05, 3.63) is 94.1 Å². The number of hydrogen-bond donors (Lipinski definition) is 1. The van der Waals surface area contributed by atoms with Crippen LogP contribution in [0.15, 0.2) is 66.2 Å². The van der Waals surface area contributed by atoms with Gasteiger partial charge in [0, 0.05) is 26.3 Å². The zero-order valence-corrected chi connectivity index (χ0v) is 22.7. The van der Waals surface area contributed by atoms with E-state index in [0.717, 1.165) is 33.7 Å². The molecule has 1 aliphatic heterocycles. The van der Waals surface area contributed by atoms with E-state index in [2.05, 4.69) is 0 Å². The average molecular weight is 515 g/mol. The number of hydrogen-bond acceptors (Lipinski definition) is 6. The van der Waals surface area contributed by atoms with Crippen molar-refractivity contribution < 1.29 is 24.2 Å². The molecule has 1 saturated heterocycles. The van der Waals surface area contributed by atoms with Gasteiger partial charge in [-0.15, -0.1) is 0 Å². The van der Waals surface area contributed by atoms with Gasteiger partial charge in [-0.3, -0.25) is 9.59 Å². The third-order valence-electron chi connectivity index (χ3n) is 6.73. The lowest BCUT2D eigenvalue weighted by molar-refractivity contribution is -0.140. The number of rotatable bonds is 8. The van der Waals surface area contributed by atoms with Gasteiger partial charge in [0.15, 0.2) is 0 Å². The molecule has 0 spiro atoms. The maximum absolute atomic E-state index is 13.5. The van der Waals surface area contributed by atoms with E-state index in [0.29, 0.717) is 17.9 Å². The van der Waals surface area contributed by atoms with Crippen LogP contribution in [0.1, 0.15) is 40.8 Å². The average Bonchev–Trinajstić information content (AvgIpc) is 3.14. The number of aliphatic hydroxyl groups excluding tert-OH is 1. The van der Waals surface area contributed by atoms with Crippen LogP contribution in [-0.2, 0) is 16.1 Å². The Morgan fingerprint density at radius 3 is 2.24 bits per heavy atom. The normalized spacial score (nSPS) is 16.6. The molecule has 4 rings (SSSR count). The summed E-state index contributed by atoms with van der Waals surface area (Å²) in [5, 5.41) is 11.6. The highest BCUT2D eigenvalue weighted by atomic mass is 16.5. The Labute approximate surface area is 223 Å². The number of carbonyl (C=O) groups is 2. The molecule has 1 atom stereocenters. The number of benzene rings is 3. The van der Waals surface area contributed by atoms with Crippen molar-refractivity contribution in [2.75, 3.05) is 32.7 Å². The van der Waals surface area contributed by atoms with Gasteiger partial charge in [0.1, 0.15) is 17.3 Å². The molecule has 7 heteroatoms. The van der Waals surface area contributed by atoms with Crippen LogP contribution in [0.4, 0.5) is 5.69 Å². The fraction of sp³-hybridized carbons (Fsp3) is 0.290. The van der Waals surface area contributed by atoms with Gasteiger partial charge in [-0.25, -0.2) is 0 Å². The molecule has 1 heterocycles. The SMILES string of the molecule is CCOc1ccc(CN2C(=O)C(=O)/C(=C(/O)c3cc(C)cc(C)c3OC)C2c2ccc(N(C)C)cc2)cc1. The fourth-order valence-corrected chi connectivity index (χ4v) is 4.95. The van der Waals surface area contributed by atoms with Gasteiger partial charge in [0.05, 0.1) is 30.9 Å². The summed E-state index contributed by atoms with van der Waals surface area (Å²) in [5.74, 6) is -0.437. The van der Waals surface area contributed by atoms with Crippen LogP contribution in [0.25, 0.3) is 5.76 Å². The Balaban J connectivity index is 1.87. The van der Waals surface area contributed by atoms with Crippen LogP contribution in [-0.4, -0.2) is 49.5 Å². The van der Waals surface area contributed by atoms with Crippen LogP contribution in [0.2, 0.25) is 0 Å². The molecule has 1 aliphatic rings. The molecule has 0 saturated carbocycles. The number of likely N-dealkylation sites (tertiary alicyclic amines) is 1. The second kappa shape index (κ2) is 11.0. The second-order valence-corrected chi connectivity index (χ2v) is 9.65. The van der Waals surface area contributed by atoms with Gasteiger partial charge in [-0.2, -0.15) is 0 Å². The zero-order valence-electron chi connectivity index (χ0n) is 22.7. The van der Waals surface area contributed by atoms with Crippen LogP contribution in [0.3, 0.4) is 0 Å². The summed E-state index contributed by atoms with van der Waals surface area (Å²) in [7, 11) is 5.41. The van der Waals surface area contributed by atoms with Crippen molar-refractivity contribution in [1.82, 2.24) is 4.90 Å². The lowest BCUT2D eigenvalue weighted by Gasteiger charge is -2.26. The Morgan fingerprint density at radius 1 is 1.00 bits per heavy atom. The molecule has 3 aromatic carbocycles. The number of methoxy groups -OCH3 is 1. The smallest absolute Gasteiger partial charge is 0.295 e. The number of aliphatic hydroxyl groups is 1. The third kappa shape index (κ3) is 5.09. The first kappa shape index (κ1) is 26.8. The Morgan fingerprint density at radius 2 is 1.66 bits per heavy atom. The molecule has 1 fully saturated rings. The Kier molecular flexibility index (Phi) is 7.76. The quantitative estimate of drug-likeness (QED) is 0.246. The molecule has 3 aromatic rings. The minimum atomic E-state index is -0.775. The summed E-state index contributed by atoms with van der Waals surface area (Å²) < 4.78 is 11.1. The molecular formula is C31H34N2O5. The van der Waals surface area contributed by atoms with Crippen molar-refractivity contribution in [1.29, 1.82) is 0 Å². The zero-order chi connectivity index (χ0) is 27.6. The number of Topliss-reactive ketones (excluding diaryl/α,β-unsaturated/α-hetero) is 1. The largest absolute Gasteiger partial charge is 0.507 e. The molecule has 1 N–H and O–H groups in total. The summed E-state index contributed by atoms with van der Waals surface area (Å²) in [6, 6.07) is 18.0. The van der Waals surface area contributed by atoms with Gasteiger partial charge in [-0.05, 0) is 73.4 Å². The van der Waals surface area contributed by atoms with Gasteiger partial charge in [0.25, 0.3) is 11.7 Å². The summed E-state index contributed by atoms with van der Waals surface area (Å²) in [4.78, 5) is 30.4. The number of carbonyl (C=O) groups excluding carboxylic acids is 2. The first-order valence-corrected chi connectivity index (χ1v) is 12.6. The number of ketones is 1. The number of amides is 1. The molecule has 0 aromatic heterocycles. The standard InChI is InChI=1S/C31H34N2O5/c1-7-38-24-14-8-21(9-15-24)18-33-27(22-10-12-23(13-11-22)32(4)5)26(29(35)31(33)36)28(34)25-17-19(2)16-20(3)30(25)37-6/h8-17,27,34H,7,18H2,1-6H3/b28-26+. The second-order valence-electron chi connectivity index (χ2n) is 9.65. The number of aryl methyl sites for hydroxylation is 2. The van der Waals surface area contributed by atoms with E-state index in [4.69, 9.17) is 9.47 Å². The van der Waals surface area contributed by atoms with Gasteiger partial charge in [0.2, 0.25) is 0 Å². The minimum Gasteiger partial charge on any atom is -0.507 e. The third-order valence-corrected chi connectivity index (χ3v) is 6.73.